The van der Waals surface area contributed by atoms with Crippen LogP contribution in [0.25, 0.3) is 22.3 Å². The van der Waals surface area contributed by atoms with Gasteiger partial charge in [-0.3, -0.25) is 4.98 Å². The molecule has 5 rings (SSSR count). The number of para-hydroxylation sites is 1. The lowest BCUT2D eigenvalue weighted by molar-refractivity contribution is 0.122. The summed E-state index contributed by atoms with van der Waals surface area (Å²) in [5.74, 6) is 2.35. The number of pyridine rings is 1. The monoisotopic (exact) mass is 383 g/mol. The molecule has 2 aromatic carbocycles. The number of morpholine rings is 1. The van der Waals surface area contributed by atoms with E-state index >= 15 is 0 Å². The highest BCUT2D eigenvalue weighted by Gasteiger charge is 2.16. The van der Waals surface area contributed by atoms with Gasteiger partial charge in [0.1, 0.15) is 11.6 Å². The first kappa shape index (κ1) is 17.6. The predicted molar refractivity (Wildman–Crippen MR) is 116 cm³/mol. The highest BCUT2D eigenvalue weighted by atomic mass is 16.5. The molecule has 0 radical (unpaired) electrons. The maximum Gasteiger partial charge on any atom is 0.163 e. The molecule has 1 aliphatic rings. The van der Waals surface area contributed by atoms with E-state index in [2.05, 4.69) is 27.3 Å². The van der Waals surface area contributed by atoms with Crippen LogP contribution in [-0.2, 0) is 4.74 Å². The molecule has 1 aliphatic heterocycles. The molecule has 4 aromatic rings. The molecule has 6 nitrogen and oxygen atoms in total. The van der Waals surface area contributed by atoms with E-state index in [1.54, 1.807) is 0 Å². The second-order valence-corrected chi connectivity index (χ2v) is 6.91. The fourth-order valence-corrected chi connectivity index (χ4v) is 3.51. The summed E-state index contributed by atoms with van der Waals surface area (Å²) >= 11 is 0. The van der Waals surface area contributed by atoms with Crippen LogP contribution in [0.5, 0.6) is 0 Å². The van der Waals surface area contributed by atoms with E-state index in [4.69, 9.17) is 14.7 Å². The van der Waals surface area contributed by atoms with Gasteiger partial charge in [-0.05, 0) is 12.1 Å². The highest BCUT2D eigenvalue weighted by molar-refractivity contribution is 5.91. The number of fused-ring (bicyclic) bond motifs is 1. The Morgan fingerprint density at radius 1 is 0.862 bits per heavy atom. The van der Waals surface area contributed by atoms with Crippen LogP contribution in [0.3, 0.4) is 0 Å². The van der Waals surface area contributed by atoms with Crippen molar-refractivity contribution in [2.24, 2.45) is 0 Å². The number of aromatic nitrogens is 3. The Kier molecular flexibility index (Phi) is 4.76. The number of benzene rings is 2. The molecule has 0 saturated carbocycles. The van der Waals surface area contributed by atoms with E-state index in [1.807, 2.05) is 60.8 Å². The van der Waals surface area contributed by atoms with Gasteiger partial charge < -0.3 is 15.0 Å². The van der Waals surface area contributed by atoms with Crippen LogP contribution >= 0.6 is 0 Å². The minimum Gasteiger partial charge on any atom is -0.378 e. The summed E-state index contributed by atoms with van der Waals surface area (Å²) in [5, 5.41) is 4.55. The van der Waals surface area contributed by atoms with Gasteiger partial charge in [0.05, 0.1) is 24.4 Å². The SMILES string of the molecule is c1ccc(-c2nc(Nc3cccc4cccnc34)cc(N3CCOCC3)n2)cc1. The van der Waals surface area contributed by atoms with E-state index in [0.717, 1.165) is 46.9 Å². The standard InChI is InChI=1S/C23H21N5O/c1-2-6-18(7-3-1)23-26-20(16-21(27-23)28-12-14-29-15-13-28)25-19-10-4-8-17-9-5-11-24-22(17)19/h1-11,16H,12-15H2,(H,25,26,27). The second-order valence-electron chi connectivity index (χ2n) is 6.91. The molecule has 1 saturated heterocycles. The predicted octanol–water partition coefficient (Wildman–Crippen LogP) is 4.27. The Hall–Kier alpha value is -3.51. The van der Waals surface area contributed by atoms with Gasteiger partial charge in [-0.15, -0.1) is 0 Å². The normalized spacial score (nSPS) is 14.1. The number of hydrogen-bond donors (Lipinski definition) is 1. The summed E-state index contributed by atoms with van der Waals surface area (Å²) in [5.41, 5.74) is 2.83. The van der Waals surface area contributed by atoms with E-state index in [0.29, 0.717) is 19.0 Å². The summed E-state index contributed by atoms with van der Waals surface area (Å²) < 4.78 is 5.50. The molecule has 1 fully saturated rings. The third kappa shape index (κ3) is 3.75. The Balaban J connectivity index is 1.57. The fraction of sp³-hybridized carbons (Fsp3) is 0.174. The third-order valence-corrected chi connectivity index (χ3v) is 4.98. The molecule has 144 valence electrons. The topological polar surface area (TPSA) is 63.2 Å². The molecule has 1 N–H and O–H groups in total. The van der Waals surface area contributed by atoms with Crippen molar-refractivity contribution in [3.05, 3.63) is 72.9 Å². The Bertz CT molecular complexity index is 1120. The van der Waals surface area contributed by atoms with Crippen molar-refractivity contribution in [2.45, 2.75) is 0 Å². The molecular formula is C23H21N5O. The van der Waals surface area contributed by atoms with Gasteiger partial charge in [-0.25, -0.2) is 9.97 Å². The smallest absolute Gasteiger partial charge is 0.163 e. The zero-order valence-electron chi connectivity index (χ0n) is 16.0. The van der Waals surface area contributed by atoms with Gasteiger partial charge >= 0.3 is 0 Å². The summed E-state index contributed by atoms with van der Waals surface area (Å²) in [6, 6.07) is 22.2. The molecule has 29 heavy (non-hydrogen) atoms. The van der Waals surface area contributed by atoms with Crippen molar-refractivity contribution in [1.29, 1.82) is 0 Å². The molecular weight excluding hydrogens is 362 g/mol. The average molecular weight is 383 g/mol. The van der Waals surface area contributed by atoms with Crippen molar-refractivity contribution in [1.82, 2.24) is 15.0 Å². The van der Waals surface area contributed by atoms with Crippen LogP contribution in [0.1, 0.15) is 0 Å². The highest BCUT2D eigenvalue weighted by Crippen LogP contribution is 2.28. The van der Waals surface area contributed by atoms with Crippen LogP contribution in [0.2, 0.25) is 0 Å². The third-order valence-electron chi connectivity index (χ3n) is 4.98. The van der Waals surface area contributed by atoms with Crippen LogP contribution in [-0.4, -0.2) is 41.3 Å². The average Bonchev–Trinajstić information content (AvgIpc) is 2.80. The minimum absolute atomic E-state index is 0.699. The Morgan fingerprint density at radius 3 is 2.55 bits per heavy atom. The first-order valence-electron chi connectivity index (χ1n) is 9.75. The Morgan fingerprint density at radius 2 is 1.69 bits per heavy atom. The van der Waals surface area contributed by atoms with Crippen LogP contribution < -0.4 is 10.2 Å². The molecule has 0 unspecified atom stereocenters. The number of hydrogen-bond acceptors (Lipinski definition) is 6. The van der Waals surface area contributed by atoms with E-state index in [1.165, 1.54) is 0 Å². The van der Waals surface area contributed by atoms with Crippen molar-refractivity contribution in [2.75, 3.05) is 36.5 Å². The maximum atomic E-state index is 5.50. The van der Waals surface area contributed by atoms with Gasteiger partial charge in [-0.2, -0.15) is 0 Å². The van der Waals surface area contributed by atoms with E-state index in [9.17, 15) is 0 Å². The summed E-state index contributed by atoms with van der Waals surface area (Å²) in [4.78, 5) is 16.4. The van der Waals surface area contributed by atoms with Crippen molar-refractivity contribution < 1.29 is 4.74 Å². The number of nitrogens with one attached hydrogen (secondary N) is 1. The van der Waals surface area contributed by atoms with Gasteiger partial charge in [0.2, 0.25) is 0 Å². The second kappa shape index (κ2) is 7.85. The summed E-state index contributed by atoms with van der Waals surface area (Å²) in [7, 11) is 0. The zero-order chi connectivity index (χ0) is 19.5. The molecule has 3 heterocycles. The largest absolute Gasteiger partial charge is 0.378 e. The molecule has 2 aromatic heterocycles. The minimum atomic E-state index is 0.699. The molecule has 0 amide bonds. The van der Waals surface area contributed by atoms with Crippen LogP contribution in [0, 0.1) is 0 Å². The molecule has 6 heteroatoms. The number of nitrogens with zero attached hydrogens (tertiary/aromatic N) is 4. The first-order valence-corrected chi connectivity index (χ1v) is 9.75. The van der Waals surface area contributed by atoms with Gasteiger partial charge in [0.15, 0.2) is 5.82 Å². The molecule has 0 bridgehead atoms. The maximum absolute atomic E-state index is 5.50. The lowest BCUT2D eigenvalue weighted by Crippen LogP contribution is -2.36. The lowest BCUT2D eigenvalue weighted by Gasteiger charge is -2.28. The lowest BCUT2D eigenvalue weighted by atomic mass is 10.2. The van der Waals surface area contributed by atoms with Crippen LogP contribution in [0.15, 0.2) is 72.9 Å². The molecule has 0 atom stereocenters. The summed E-state index contributed by atoms with van der Waals surface area (Å²) in [6.45, 7) is 3.06. The molecule has 0 aliphatic carbocycles. The Labute approximate surface area is 169 Å². The van der Waals surface area contributed by atoms with Crippen molar-refractivity contribution >= 4 is 28.2 Å². The van der Waals surface area contributed by atoms with Crippen LogP contribution in [0.4, 0.5) is 17.3 Å². The zero-order valence-corrected chi connectivity index (χ0v) is 16.0. The van der Waals surface area contributed by atoms with Gasteiger partial charge in [0, 0.05) is 36.3 Å². The quantitative estimate of drug-likeness (QED) is 0.568. The number of anilines is 3. The fourth-order valence-electron chi connectivity index (χ4n) is 3.51. The van der Waals surface area contributed by atoms with Gasteiger partial charge in [0.25, 0.3) is 0 Å². The van der Waals surface area contributed by atoms with Gasteiger partial charge in [-0.1, -0.05) is 48.5 Å². The van der Waals surface area contributed by atoms with Crippen molar-refractivity contribution in [3.8, 4) is 11.4 Å². The van der Waals surface area contributed by atoms with E-state index < -0.39 is 0 Å². The van der Waals surface area contributed by atoms with E-state index in [-0.39, 0.29) is 0 Å². The number of rotatable bonds is 4. The first-order chi connectivity index (χ1) is 14.4. The number of ether oxygens (including phenoxy) is 1. The molecule has 0 spiro atoms. The van der Waals surface area contributed by atoms with Crippen molar-refractivity contribution in [3.63, 3.8) is 0 Å². The summed E-state index contributed by atoms with van der Waals surface area (Å²) in [6.07, 6.45) is 1.81.